The molecule has 1 aliphatic rings. The Hall–Kier alpha value is -2.49. The van der Waals surface area contributed by atoms with Gasteiger partial charge in [-0.15, -0.1) is 0 Å². The Balaban J connectivity index is 0.00000289. The molecule has 0 amide bonds. The number of rotatable bonds is 3. The maximum absolute atomic E-state index is 13.3. The second-order valence-electron chi connectivity index (χ2n) is 7.64. The molecule has 158 valence electrons. The zero-order valence-corrected chi connectivity index (χ0v) is 20.9. The van der Waals surface area contributed by atoms with Crippen LogP contribution in [0.2, 0.25) is 0 Å². The largest absolute Gasteiger partial charge is 1.00 e. The van der Waals surface area contributed by atoms with Crippen LogP contribution in [0.1, 0.15) is 48.5 Å². The van der Waals surface area contributed by atoms with Gasteiger partial charge in [-0.05, 0) is 38.0 Å². The summed E-state index contributed by atoms with van der Waals surface area (Å²) in [6.45, 7) is 5.66. The number of ketones is 2. The molecule has 0 aromatic heterocycles. The van der Waals surface area contributed by atoms with E-state index in [0.717, 1.165) is 22.8 Å². The van der Waals surface area contributed by atoms with Crippen LogP contribution in [0.3, 0.4) is 0 Å². The molecule has 0 radical (unpaired) electrons. The standard InChI is InChI=1S/C23H20N2O5S.Na/c1-11-8-12(2)21(13(3)9-11)25-16-10-17(31(28,29)30)20(24)19-18(16)22(26)14-6-4-5-7-15(14)23(19)27;/h4-10,25H,24H2,1-3H3,(H,28,29,30);/q;+1/p-1. The van der Waals surface area contributed by atoms with Crippen molar-refractivity contribution in [1.82, 2.24) is 0 Å². The van der Waals surface area contributed by atoms with Gasteiger partial charge in [0.05, 0.1) is 27.4 Å². The van der Waals surface area contributed by atoms with Gasteiger partial charge in [-0.2, -0.15) is 0 Å². The Labute approximate surface area is 208 Å². The predicted molar refractivity (Wildman–Crippen MR) is 116 cm³/mol. The predicted octanol–water partition coefficient (Wildman–Crippen LogP) is 0.621. The van der Waals surface area contributed by atoms with E-state index >= 15 is 0 Å². The molecule has 0 bridgehead atoms. The minimum absolute atomic E-state index is 0. The van der Waals surface area contributed by atoms with Gasteiger partial charge in [0, 0.05) is 16.8 Å². The third-order valence-electron chi connectivity index (χ3n) is 5.41. The summed E-state index contributed by atoms with van der Waals surface area (Å²) < 4.78 is 35.7. The van der Waals surface area contributed by atoms with Crippen LogP contribution in [0.25, 0.3) is 0 Å². The van der Waals surface area contributed by atoms with Crippen molar-refractivity contribution in [2.45, 2.75) is 25.7 Å². The van der Waals surface area contributed by atoms with Crippen LogP contribution < -0.4 is 40.6 Å². The molecule has 7 nitrogen and oxygen atoms in total. The third-order valence-corrected chi connectivity index (χ3v) is 6.28. The maximum atomic E-state index is 13.3. The molecule has 0 aliphatic heterocycles. The van der Waals surface area contributed by atoms with Crippen molar-refractivity contribution in [2.24, 2.45) is 0 Å². The van der Waals surface area contributed by atoms with Gasteiger partial charge in [0.25, 0.3) is 0 Å². The molecule has 0 saturated carbocycles. The zero-order valence-electron chi connectivity index (χ0n) is 18.1. The Morgan fingerprint density at radius 1 is 0.875 bits per heavy atom. The molecule has 3 aromatic rings. The van der Waals surface area contributed by atoms with Crippen molar-refractivity contribution in [3.8, 4) is 0 Å². The summed E-state index contributed by atoms with van der Waals surface area (Å²) in [5.41, 5.74) is 8.85. The molecule has 1 aliphatic carbocycles. The number of fused-ring (bicyclic) bond motifs is 2. The van der Waals surface area contributed by atoms with Crippen LogP contribution in [0, 0.1) is 20.8 Å². The number of benzene rings is 3. The van der Waals surface area contributed by atoms with Crippen molar-refractivity contribution >= 4 is 38.7 Å². The van der Waals surface area contributed by atoms with Gasteiger partial charge in [-0.3, -0.25) is 9.59 Å². The SMILES string of the molecule is Cc1cc(C)c(Nc2cc(S(=O)(=O)[O-])c(N)c3c2C(=O)c2ccccc2C3=O)c(C)c1.[Na+]. The van der Waals surface area contributed by atoms with Gasteiger partial charge in [-0.1, -0.05) is 42.0 Å². The van der Waals surface area contributed by atoms with Crippen LogP contribution in [-0.2, 0) is 10.1 Å². The summed E-state index contributed by atoms with van der Waals surface area (Å²) in [4.78, 5) is 25.8. The molecule has 3 aromatic carbocycles. The molecule has 3 N–H and O–H groups in total. The Morgan fingerprint density at radius 2 is 1.38 bits per heavy atom. The molecule has 32 heavy (non-hydrogen) atoms. The molecule has 0 heterocycles. The number of anilines is 3. The van der Waals surface area contributed by atoms with E-state index < -0.39 is 32.3 Å². The Kier molecular flexibility index (Phi) is 6.38. The minimum Gasteiger partial charge on any atom is -0.744 e. The first kappa shape index (κ1) is 24.2. The van der Waals surface area contributed by atoms with Crippen molar-refractivity contribution in [2.75, 3.05) is 11.1 Å². The van der Waals surface area contributed by atoms with Crippen LogP contribution in [0.15, 0.2) is 47.4 Å². The summed E-state index contributed by atoms with van der Waals surface area (Å²) in [6.07, 6.45) is 0. The quantitative estimate of drug-likeness (QED) is 0.262. The number of nitrogen functional groups attached to an aromatic ring is 1. The maximum Gasteiger partial charge on any atom is 1.00 e. The average Bonchev–Trinajstić information content (AvgIpc) is 2.68. The van der Waals surface area contributed by atoms with E-state index in [1.54, 1.807) is 12.1 Å². The van der Waals surface area contributed by atoms with E-state index in [1.807, 2.05) is 32.9 Å². The number of nitrogens with two attached hydrogens (primary N) is 1. The van der Waals surface area contributed by atoms with Gasteiger partial charge < -0.3 is 15.6 Å². The van der Waals surface area contributed by atoms with E-state index in [1.165, 1.54) is 12.1 Å². The van der Waals surface area contributed by atoms with Crippen molar-refractivity contribution in [3.63, 3.8) is 0 Å². The number of carbonyl (C=O) groups is 2. The molecular weight excluding hydrogens is 439 g/mol. The summed E-state index contributed by atoms with van der Waals surface area (Å²) >= 11 is 0. The fourth-order valence-electron chi connectivity index (χ4n) is 4.11. The molecule has 0 spiro atoms. The number of aryl methyl sites for hydroxylation is 3. The topological polar surface area (TPSA) is 129 Å². The molecular formula is C23H19N2NaO5S. The molecule has 9 heteroatoms. The van der Waals surface area contributed by atoms with Gasteiger partial charge in [0.2, 0.25) is 0 Å². The van der Waals surface area contributed by atoms with Crippen LogP contribution in [0.4, 0.5) is 17.1 Å². The smallest absolute Gasteiger partial charge is 0.744 e. The molecule has 0 fully saturated rings. The molecule has 4 rings (SSSR count). The summed E-state index contributed by atoms with van der Waals surface area (Å²) in [7, 11) is -5.01. The number of hydrogen-bond acceptors (Lipinski definition) is 7. The minimum atomic E-state index is -5.01. The fraction of sp³-hybridized carbons (Fsp3) is 0.130. The van der Waals surface area contributed by atoms with Gasteiger partial charge in [0.1, 0.15) is 10.1 Å². The van der Waals surface area contributed by atoms with Crippen LogP contribution in [-0.4, -0.2) is 24.5 Å². The summed E-state index contributed by atoms with van der Waals surface area (Å²) in [6, 6.07) is 11.1. The molecule has 0 unspecified atom stereocenters. The first-order valence-corrected chi connectivity index (χ1v) is 10.9. The number of nitrogens with one attached hydrogen (secondary N) is 1. The van der Waals surface area contributed by atoms with Gasteiger partial charge >= 0.3 is 29.6 Å². The normalized spacial score (nSPS) is 12.6. The summed E-state index contributed by atoms with van der Waals surface area (Å²) in [5.74, 6) is -1.08. The van der Waals surface area contributed by atoms with Gasteiger partial charge in [0.15, 0.2) is 11.6 Å². The van der Waals surface area contributed by atoms with E-state index in [2.05, 4.69) is 5.32 Å². The number of hydrogen-bond donors (Lipinski definition) is 2. The molecule has 0 atom stereocenters. The second-order valence-corrected chi connectivity index (χ2v) is 8.99. The Morgan fingerprint density at radius 3 is 1.88 bits per heavy atom. The first-order chi connectivity index (χ1) is 14.5. The van der Waals surface area contributed by atoms with E-state index in [4.69, 9.17) is 5.73 Å². The number of carbonyl (C=O) groups excluding carboxylic acids is 2. The van der Waals surface area contributed by atoms with Gasteiger partial charge in [-0.25, -0.2) is 8.42 Å². The van der Waals surface area contributed by atoms with Crippen LogP contribution in [0.5, 0.6) is 0 Å². The van der Waals surface area contributed by atoms with E-state index in [9.17, 15) is 22.6 Å². The first-order valence-electron chi connectivity index (χ1n) is 9.46. The third kappa shape index (κ3) is 3.89. The van der Waals surface area contributed by atoms with Crippen molar-refractivity contribution in [1.29, 1.82) is 0 Å². The van der Waals surface area contributed by atoms with E-state index in [-0.39, 0.29) is 57.5 Å². The van der Waals surface area contributed by atoms with Crippen molar-refractivity contribution < 1.29 is 52.1 Å². The zero-order chi connectivity index (χ0) is 22.7. The Bertz CT molecular complexity index is 1390. The average molecular weight is 458 g/mol. The van der Waals surface area contributed by atoms with E-state index in [0.29, 0.717) is 5.69 Å². The fourth-order valence-corrected chi connectivity index (χ4v) is 4.74. The van der Waals surface area contributed by atoms with Crippen LogP contribution >= 0.6 is 0 Å². The van der Waals surface area contributed by atoms with Crippen molar-refractivity contribution in [3.05, 3.63) is 81.4 Å². The monoisotopic (exact) mass is 458 g/mol. The second kappa shape index (κ2) is 8.46. The summed E-state index contributed by atoms with van der Waals surface area (Å²) in [5, 5.41) is 3.09. The molecule has 0 saturated heterocycles.